The minimum Gasteiger partial charge on any atom is -0.508 e. The normalized spacial score (nSPS) is 18.2. The van der Waals surface area contributed by atoms with E-state index in [1.54, 1.807) is 30.3 Å². The Morgan fingerprint density at radius 3 is 2.19 bits per heavy atom. The van der Waals surface area contributed by atoms with Gasteiger partial charge in [-0.25, -0.2) is 10.1 Å². The molecule has 2 fully saturated rings. The number of carbonyl (C=O) groups excluding carboxylic acids is 1. The third-order valence-electron chi connectivity index (χ3n) is 10.2. The Balaban J connectivity index is 0.00000148. The van der Waals surface area contributed by atoms with Gasteiger partial charge in [-0.2, -0.15) is 0 Å². The lowest BCUT2D eigenvalue weighted by atomic mass is 9.51. The van der Waals surface area contributed by atoms with Crippen molar-refractivity contribution in [1.82, 2.24) is 4.90 Å². The number of carboxylic acids is 1. The van der Waals surface area contributed by atoms with Gasteiger partial charge in [-0.3, -0.25) is 4.79 Å². The Morgan fingerprint density at radius 1 is 1.00 bits per heavy atom. The lowest BCUT2D eigenvalue weighted by Crippen LogP contribution is -2.42. The van der Waals surface area contributed by atoms with Gasteiger partial charge >= 0.3 is 5.97 Å². The first-order valence-corrected chi connectivity index (χ1v) is 18.1. The van der Waals surface area contributed by atoms with E-state index in [1.165, 1.54) is 12.8 Å². The summed E-state index contributed by atoms with van der Waals surface area (Å²) in [7, 11) is 0. The summed E-state index contributed by atoms with van der Waals surface area (Å²) in [6.45, 7) is 17.5. The van der Waals surface area contributed by atoms with Crippen LogP contribution in [0.25, 0.3) is 0 Å². The molecule has 0 unspecified atom stereocenters. The summed E-state index contributed by atoms with van der Waals surface area (Å²) in [5, 5.41) is 29.6. The summed E-state index contributed by atoms with van der Waals surface area (Å²) in [5.74, 6) is 2.70. The van der Waals surface area contributed by atoms with Crippen molar-refractivity contribution in [3.05, 3.63) is 53.1 Å². The summed E-state index contributed by atoms with van der Waals surface area (Å²) in [6.07, 6.45) is 8.62. The highest BCUT2D eigenvalue weighted by Gasteiger charge is 2.32. The number of amides is 1. The molecule has 4 rings (SSSR count). The van der Waals surface area contributed by atoms with Gasteiger partial charge in [0.05, 0.1) is 0 Å². The second-order valence-corrected chi connectivity index (χ2v) is 14.7. The van der Waals surface area contributed by atoms with Crippen molar-refractivity contribution >= 4 is 24.3 Å². The molecule has 0 bridgehead atoms. The van der Waals surface area contributed by atoms with Gasteiger partial charge in [-0.05, 0) is 92.1 Å². The van der Waals surface area contributed by atoms with Gasteiger partial charge in [-0.1, -0.05) is 54.3 Å². The van der Waals surface area contributed by atoms with Gasteiger partial charge in [-0.15, -0.1) is 0 Å². The number of aromatic carboxylic acids is 1. The number of carbonyl (C=O) groups is 2. The third-order valence-corrected chi connectivity index (χ3v) is 10.2. The number of unbranched alkanes of at least 4 members (excludes halogenated alkanes) is 1. The minimum atomic E-state index is -1.05. The number of aromatic hydroxyl groups is 1. The molecule has 2 aromatic rings. The van der Waals surface area contributed by atoms with Crippen LogP contribution >= 0.6 is 0 Å². The molecule has 1 saturated carbocycles. The fraction of sp³-hybridized carbons (Fsp3) is 0.615. The third kappa shape index (κ3) is 10.7. The Labute approximate surface area is 289 Å². The number of ether oxygens (including phenoxy) is 1. The van der Waals surface area contributed by atoms with Gasteiger partial charge in [0.25, 0.3) is 12.6 Å². The van der Waals surface area contributed by atoms with Crippen molar-refractivity contribution in [3.8, 4) is 17.5 Å². The van der Waals surface area contributed by atoms with E-state index in [9.17, 15) is 19.8 Å². The number of hydrogen-bond donors (Lipinski definition) is 2. The largest absolute Gasteiger partial charge is 0.508 e. The number of rotatable bonds is 11. The number of phenols is 1. The van der Waals surface area contributed by atoms with Crippen LogP contribution < -0.4 is 9.64 Å². The van der Waals surface area contributed by atoms with E-state index in [1.807, 2.05) is 24.7 Å². The summed E-state index contributed by atoms with van der Waals surface area (Å²) in [5.41, 5.74) is 2.74. The maximum atomic E-state index is 13.5. The second-order valence-electron chi connectivity index (χ2n) is 14.7. The van der Waals surface area contributed by atoms with Gasteiger partial charge < -0.3 is 24.7 Å². The number of nitrogens with zero attached hydrogens (tertiary/aromatic N) is 3. The molecule has 0 radical (unpaired) electrons. The molecule has 1 heterocycles. The van der Waals surface area contributed by atoms with E-state index in [2.05, 4.69) is 45.5 Å². The highest BCUT2D eigenvalue weighted by Crippen LogP contribution is 2.45. The number of anilines is 1. The van der Waals surface area contributed by atoms with E-state index in [0.29, 0.717) is 56.0 Å². The predicted octanol–water partition coefficient (Wildman–Crippen LogP) is 8.91. The van der Waals surface area contributed by atoms with Crippen LogP contribution in [0.1, 0.15) is 125 Å². The molecule has 0 spiro atoms. The molecule has 1 aliphatic heterocycles. The second kappa shape index (κ2) is 18.2. The van der Waals surface area contributed by atoms with Gasteiger partial charge in [0.2, 0.25) is 0 Å². The number of hydrogen-bond acceptors (Lipinski definition) is 6. The number of piperidine rings is 1. The lowest BCUT2D eigenvalue weighted by Gasteiger charge is -2.37. The number of likely N-dealkylation sites (tertiary alicyclic amines) is 1. The fourth-order valence-corrected chi connectivity index (χ4v) is 6.69. The molecule has 1 saturated heterocycles. The van der Waals surface area contributed by atoms with Crippen LogP contribution in [0.2, 0.25) is 13.1 Å². The molecule has 48 heavy (non-hydrogen) atoms. The maximum absolute atomic E-state index is 13.5. The smallest absolute Gasteiger partial charge is 0.339 e. The zero-order chi connectivity index (χ0) is 35.4. The molecule has 1 amide bonds. The van der Waals surface area contributed by atoms with Gasteiger partial charge in [0.15, 0.2) is 0 Å². The van der Waals surface area contributed by atoms with E-state index in [0.717, 1.165) is 43.5 Å². The number of carboxylic acid groups (broad SMARTS) is 1. The van der Waals surface area contributed by atoms with Crippen LogP contribution in [0.5, 0.6) is 11.5 Å². The van der Waals surface area contributed by atoms with Crippen LogP contribution in [0, 0.1) is 22.6 Å². The van der Waals surface area contributed by atoms with E-state index in [4.69, 9.17) is 10.00 Å². The Hall–Kier alpha value is -3.67. The molecule has 9 heteroatoms. The van der Waals surface area contributed by atoms with Crippen molar-refractivity contribution in [2.75, 3.05) is 31.1 Å². The van der Waals surface area contributed by atoms with Gasteiger partial charge in [0, 0.05) is 62.3 Å². The first-order valence-electron chi connectivity index (χ1n) is 18.1. The van der Waals surface area contributed by atoms with Gasteiger partial charge in [0.1, 0.15) is 23.2 Å². The molecule has 2 aromatic carbocycles. The number of nitriles is 1. The topological polar surface area (TPSA) is 114 Å². The maximum Gasteiger partial charge on any atom is 0.339 e. The van der Waals surface area contributed by atoms with E-state index >= 15 is 0 Å². The average molecular weight is 660 g/mol. The molecule has 8 nitrogen and oxygen atoms in total. The Kier molecular flexibility index (Phi) is 14.7. The molecule has 262 valence electrons. The van der Waals surface area contributed by atoms with Crippen LogP contribution in [0.15, 0.2) is 36.4 Å². The van der Waals surface area contributed by atoms with Crippen molar-refractivity contribution in [2.45, 2.75) is 118 Å². The van der Waals surface area contributed by atoms with Crippen LogP contribution in [-0.4, -0.2) is 66.0 Å². The molecule has 0 aromatic heterocycles. The molecule has 1 aliphatic carbocycles. The quantitative estimate of drug-likeness (QED) is 0.232. The average Bonchev–Trinajstić information content (AvgIpc) is 3.08. The summed E-state index contributed by atoms with van der Waals surface area (Å²) < 4.78 is 6.28. The van der Waals surface area contributed by atoms with Crippen LogP contribution in [0.3, 0.4) is 0 Å². The lowest BCUT2D eigenvalue weighted by molar-refractivity contribution is 0.0587. The van der Waals surface area contributed by atoms with E-state index < -0.39 is 5.97 Å². The number of phenolic OH excluding ortho intramolecular Hbond substituents is 1. The Bertz CT molecular complexity index is 1380. The molecule has 0 atom stereocenters. The van der Waals surface area contributed by atoms with Crippen LogP contribution in [0.4, 0.5) is 5.69 Å². The number of benzene rings is 2. The summed E-state index contributed by atoms with van der Waals surface area (Å²) >= 11 is 0. The van der Waals surface area contributed by atoms with Crippen molar-refractivity contribution in [3.63, 3.8) is 0 Å². The first-order chi connectivity index (χ1) is 22.8. The minimum absolute atomic E-state index is 0.0496. The summed E-state index contributed by atoms with van der Waals surface area (Å²) in [4.78, 5) is 29.5. The standard InChI is InChI=1S/C35H48BN3O5.C4H10/c1-6-38(20-17-36(5)23-37)27-12-13-29(34(42)43)32(22-27)44-28-15-18-39(19-16-28)33(41)25-9-14-31(40)30(21-25)24-7-10-26(11-8-24)35(2,3)4;1-3-4-2/h9,12-14,21-22,24,26,28,40H,6-8,10-11,15-20H2,1-5H3,(H,42,43);3-4H2,1-2H3. The van der Waals surface area contributed by atoms with Crippen molar-refractivity contribution in [1.29, 1.82) is 5.26 Å². The zero-order valence-electron chi connectivity index (χ0n) is 30.4. The van der Waals surface area contributed by atoms with E-state index in [-0.39, 0.29) is 41.4 Å². The molecular formula is C39H58BN3O5. The fourth-order valence-electron chi connectivity index (χ4n) is 6.69. The SMILES string of the molecule is CCCC.CCN(CCB(C)C#N)c1ccc(C(=O)O)c(OC2CCN(C(=O)c3ccc(O)c(C4CCC(C(C)(C)C)CC4)c3)CC2)c1. The van der Waals surface area contributed by atoms with Crippen LogP contribution in [-0.2, 0) is 0 Å². The summed E-state index contributed by atoms with van der Waals surface area (Å²) in [6, 6.07) is 10.4. The highest BCUT2D eigenvalue weighted by atomic mass is 16.5. The molecule has 2 N–H and O–H groups in total. The van der Waals surface area contributed by atoms with Crippen molar-refractivity contribution < 1.29 is 24.5 Å². The highest BCUT2D eigenvalue weighted by molar-refractivity contribution is 6.65. The van der Waals surface area contributed by atoms with Crippen molar-refractivity contribution in [2.24, 2.45) is 11.3 Å². The molecule has 2 aliphatic rings. The monoisotopic (exact) mass is 659 g/mol. The zero-order valence-corrected chi connectivity index (χ0v) is 30.4. The molecular weight excluding hydrogens is 601 g/mol. The first kappa shape index (κ1) is 38.8. The predicted molar refractivity (Wildman–Crippen MR) is 196 cm³/mol. The Morgan fingerprint density at radius 2 is 1.65 bits per heavy atom.